The molecule has 1 N–H and O–H groups in total. The number of aliphatic carboxylic acids is 1. The van der Waals surface area contributed by atoms with Crippen molar-refractivity contribution < 1.29 is 14.6 Å². The van der Waals surface area contributed by atoms with E-state index in [1.165, 1.54) is 0 Å². The molecule has 5 nitrogen and oxygen atoms in total. The molecule has 1 aliphatic rings. The molecule has 80 valence electrons. The number of aromatic nitrogens is 2. The molecule has 6 heteroatoms. The molecule has 1 aromatic heterocycles. The smallest absolute Gasteiger partial charge is 0.341 e. The zero-order chi connectivity index (χ0) is 10.7. The van der Waals surface area contributed by atoms with Crippen molar-refractivity contribution in [3.05, 3.63) is 17.3 Å². The minimum absolute atomic E-state index is 0.290. The lowest BCUT2D eigenvalue weighted by Crippen LogP contribution is -2.12. The van der Waals surface area contributed by atoms with Crippen LogP contribution in [-0.2, 0) is 17.0 Å². The highest BCUT2D eigenvalue weighted by molar-refractivity contribution is 7.98. The van der Waals surface area contributed by atoms with E-state index in [-0.39, 0.29) is 6.61 Å². The highest BCUT2D eigenvalue weighted by Crippen LogP contribution is 2.24. The SMILES string of the molecule is O=C(O)COc1cc2c(nn1)CCSC2. The van der Waals surface area contributed by atoms with Gasteiger partial charge in [-0.25, -0.2) is 4.79 Å². The van der Waals surface area contributed by atoms with Gasteiger partial charge in [0.15, 0.2) is 6.61 Å². The second kappa shape index (κ2) is 4.48. The number of carboxylic acid groups (broad SMARTS) is 1. The summed E-state index contributed by atoms with van der Waals surface area (Å²) in [6.07, 6.45) is 0.923. The molecule has 0 radical (unpaired) electrons. The maximum Gasteiger partial charge on any atom is 0.341 e. The van der Waals surface area contributed by atoms with Gasteiger partial charge in [-0.15, -0.1) is 5.10 Å². The molecule has 0 spiro atoms. The van der Waals surface area contributed by atoms with Crippen molar-refractivity contribution in [3.63, 3.8) is 0 Å². The quantitative estimate of drug-likeness (QED) is 0.819. The van der Waals surface area contributed by atoms with E-state index < -0.39 is 5.97 Å². The Kier molecular flexibility index (Phi) is 3.05. The topological polar surface area (TPSA) is 72.3 Å². The normalized spacial score (nSPS) is 14.4. The maximum absolute atomic E-state index is 10.3. The maximum atomic E-state index is 10.3. The van der Waals surface area contributed by atoms with Gasteiger partial charge in [0, 0.05) is 18.2 Å². The first-order chi connectivity index (χ1) is 7.25. The van der Waals surface area contributed by atoms with Gasteiger partial charge in [-0.1, -0.05) is 0 Å². The van der Waals surface area contributed by atoms with Crippen molar-refractivity contribution in [1.82, 2.24) is 10.2 Å². The number of carboxylic acids is 1. The van der Waals surface area contributed by atoms with E-state index in [1.807, 2.05) is 11.8 Å². The molecule has 0 aliphatic carbocycles. The molecule has 0 aromatic carbocycles. The first-order valence-electron chi connectivity index (χ1n) is 4.53. The summed E-state index contributed by atoms with van der Waals surface area (Å²) in [7, 11) is 0. The molecule has 1 aromatic rings. The van der Waals surface area contributed by atoms with E-state index >= 15 is 0 Å². The zero-order valence-corrected chi connectivity index (χ0v) is 8.79. The number of ether oxygens (including phenoxy) is 1. The minimum Gasteiger partial charge on any atom is -0.479 e. The standard InChI is InChI=1S/C9H10N2O3S/c12-9(13)4-14-8-3-6-5-15-2-1-7(6)10-11-8/h3H,1-2,4-5H2,(H,12,13). The van der Waals surface area contributed by atoms with Crippen LogP contribution >= 0.6 is 11.8 Å². The Labute approximate surface area is 90.9 Å². The third kappa shape index (κ3) is 2.59. The summed E-state index contributed by atoms with van der Waals surface area (Å²) in [5, 5.41) is 16.3. The molecular weight excluding hydrogens is 216 g/mol. The number of hydrogen-bond donors (Lipinski definition) is 1. The average molecular weight is 226 g/mol. The van der Waals surface area contributed by atoms with Gasteiger partial charge in [0.05, 0.1) is 5.69 Å². The minimum atomic E-state index is -1.01. The van der Waals surface area contributed by atoms with Crippen molar-refractivity contribution >= 4 is 17.7 Å². The average Bonchev–Trinajstić information content (AvgIpc) is 2.26. The summed E-state index contributed by atoms with van der Waals surface area (Å²) >= 11 is 1.83. The van der Waals surface area contributed by atoms with Crippen molar-refractivity contribution in [2.24, 2.45) is 0 Å². The Balaban J connectivity index is 2.10. The summed E-state index contributed by atoms with van der Waals surface area (Å²) in [4.78, 5) is 10.3. The van der Waals surface area contributed by atoms with E-state index in [4.69, 9.17) is 9.84 Å². The molecule has 2 rings (SSSR count). The molecule has 0 unspecified atom stereocenters. The number of fused-ring (bicyclic) bond motifs is 1. The van der Waals surface area contributed by atoms with Crippen LogP contribution in [0.1, 0.15) is 11.3 Å². The lowest BCUT2D eigenvalue weighted by Gasteiger charge is -2.13. The van der Waals surface area contributed by atoms with Crippen LogP contribution in [0.2, 0.25) is 0 Å². The predicted octanol–water partition coefficient (Wildman–Crippen LogP) is 0.729. The lowest BCUT2D eigenvalue weighted by atomic mass is 10.2. The molecule has 0 atom stereocenters. The van der Waals surface area contributed by atoms with E-state index in [0.29, 0.717) is 5.88 Å². The van der Waals surface area contributed by atoms with Crippen LogP contribution in [0.4, 0.5) is 0 Å². The first-order valence-corrected chi connectivity index (χ1v) is 5.69. The molecule has 15 heavy (non-hydrogen) atoms. The fourth-order valence-corrected chi connectivity index (χ4v) is 2.28. The van der Waals surface area contributed by atoms with E-state index in [0.717, 1.165) is 29.2 Å². The number of nitrogens with zero attached hydrogens (tertiary/aromatic N) is 2. The molecule has 0 saturated heterocycles. The summed E-state index contributed by atoms with van der Waals surface area (Å²) < 4.78 is 4.95. The van der Waals surface area contributed by atoms with Gasteiger partial charge in [0.1, 0.15) is 0 Å². The largest absolute Gasteiger partial charge is 0.479 e. The molecule has 0 amide bonds. The van der Waals surface area contributed by atoms with Crippen molar-refractivity contribution in [3.8, 4) is 5.88 Å². The number of carbonyl (C=O) groups is 1. The summed E-state index contributed by atoms with van der Waals surface area (Å²) in [6, 6.07) is 1.78. The molecule has 0 fully saturated rings. The lowest BCUT2D eigenvalue weighted by molar-refractivity contribution is -0.139. The van der Waals surface area contributed by atoms with Crippen LogP contribution in [0.3, 0.4) is 0 Å². The molecule has 1 aliphatic heterocycles. The molecule has 2 heterocycles. The van der Waals surface area contributed by atoms with Gasteiger partial charge in [-0.2, -0.15) is 16.9 Å². The second-order valence-electron chi connectivity index (χ2n) is 3.14. The van der Waals surface area contributed by atoms with E-state index in [2.05, 4.69) is 10.2 Å². The summed E-state index contributed by atoms with van der Waals surface area (Å²) in [5.41, 5.74) is 2.10. The number of aryl methyl sites for hydroxylation is 1. The third-order valence-corrected chi connectivity index (χ3v) is 3.03. The number of hydrogen-bond acceptors (Lipinski definition) is 5. The molecule has 0 saturated carbocycles. The fourth-order valence-electron chi connectivity index (χ4n) is 1.33. The number of rotatable bonds is 3. The first kappa shape index (κ1) is 10.2. The van der Waals surface area contributed by atoms with Gasteiger partial charge < -0.3 is 9.84 Å². The zero-order valence-electron chi connectivity index (χ0n) is 7.97. The Morgan fingerprint density at radius 2 is 2.47 bits per heavy atom. The Hall–Kier alpha value is -1.30. The van der Waals surface area contributed by atoms with E-state index in [1.54, 1.807) is 6.07 Å². The number of thioether (sulfide) groups is 1. The van der Waals surface area contributed by atoms with Gasteiger partial charge in [-0.05, 0) is 11.3 Å². The van der Waals surface area contributed by atoms with Crippen LogP contribution in [-0.4, -0.2) is 33.6 Å². The predicted molar refractivity (Wildman–Crippen MR) is 55.0 cm³/mol. The van der Waals surface area contributed by atoms with Crippen molar-refractivity contribution in [2.45, 2.75) is 12.2 Å². The summed E-state index contributed by atoms with van der Waals surface area (Å²) in [6.45, 7) is -0.374. The van der Waals surface area contributed by atoms with Gasteiger partial charge >= 0.3 is 5.97 Å². The second-order valence-corrected chi connectivity index (χ2v) is 4.24. The van der Waals surface area contributed by atoms with E-state index in [9.17, 15) is 4.79 Å². The van der Waals surface area contributed by atoms with Crippen LogP contribution in [0, 0.1) is 0 Å². The molecule has 0 bridgehead atoms. The van der Waals surface area contributed by atoms with Crippen molar-refractivity contribution in [2.75, 3.05) is 12.4 Å². The Morgan fingerprint density at radius 3 is 3.27 bits per heavy atom. The Bertz CT molecular complexity index is 384. The third-order valence-electron chi connectivity index (χ3n) is 2.02. The Morgan fingerprint density at radius 1 is 1.60 bits per heavy atom. The van der Waals surface area contributed by atoms with Crippen molar-refractivity contribution in [1.29, 1.82) is 0 Å². The van der Waals surface area contributed by atoms with Gasteiger partial charge in [0.25, 0.3) is 0 Å². The van der Waals surface area contributed by atoms with Gasteiger partial charge in [0.2, 0.25) is 5.88 Å². The molecular formula is C9H10N2O3S. The van der Waals surface area contributed by atoms with Gasteiger partial charge in [-0.3, -0.25) is 0 Å². The fraction of sp³-hybridized carbons (Fsp3) is 0.444. The highest BCUT2D eigenvalue weighted by Gasteiger charge is 2.13. The highest BCUT2D eigenvalue weighted by atomic mass is 32.2. The monoisotopic (exact) mass is 226 g/mol. The van der Waals surface area contributed by atoms with Crippen LogP contribution in [0.25, 0.3) is 0 Å². The van der Waals surface area contributed by atoms with Crippen LogP contribution < -0.4 is 4.74 Å². The summed E-state index contributed by atoms with van der Waals surface area (Å²) in [5.74, 6) is 1.24. The van der Waals surface area contributed by atoms with Crippen LogP contribution in [0.5, 0.6) is 5.88 Å². The van der Waals surface area contributed by atoms with Crippen LogP contribution in [0.15, 0.2) is 6.07 Å².